The third kappa shape index (κ3) is 3.28. The van der Waals surface area contributed by atoms with Crippen LogP contribution in [0.15, 0.2) is 0 Å². The van der Waals surface area contributed by atoms with Crippen molar-refractivity contribution in [1.82, 2.24) is 0 Å². The van der Waals surface area contributed by atoms with Crippen molar-refractivity contribution >= 4 is 36.2 Å². The lowest BCUT2D eigenvalue weighted by Crippen LogP contribution is -2.26. The van der Waals surface area contributed by atoms with Crippen molar-refractivity contribution in [3.8, 4) is 0 Å². The zero-order chi connectivity index (χ0) is 10.8. The van der Waals surface area contributed by atoms with Crippen molar-refractivity contribution < 1.29 is 0 Å². The molecule has 1 fully saturated rings. The maximum absolute atomic E-state index is 4.84. The second kappa shape index (κ2) is 5.40. The first-order valence-corrected chi connectivity index (χ1v) is 8.08. The zero-order valence-corrected chi connectivity index (χ0v) is 12.1. The molecule has 84 valence electrons. The quantitative estimate of drug-likeness (QED) is 0.746. The predicted octanol–water partition coefficient (Wildman–Crippen LogP) is 4.10. The molecule has 0 aromatic heterocycles. The average Bonchev–Trinajstić information content (AvgIpc) is 2.41. The molecule has 0 spiro atoms. The van der Waals surface area contributed by atoms with E-state index >= 15 is 0 Å². The highest BCUT2D eigenvalue weighted by atomic mass is 32.2. The van der Waals surface area contributed by atoms with E-state index in [0.29, 0.717) is 0 Å². The van der Waals surface area contributed by atoms with E-state index in [1.165, 1.54) is 19.3 Å². The van der Waals surface area contributed by atoms with Crippen molar-refractivity contribution in [3.05, 3.63) is 0 Å². The molecule has 0 heterocycles. The fourth-order valence-electron chi connectivity index (χ4n) is 1.93. The minimum absolute atomic E-state index is 0.252. The van der Waals surface area contributed by atoms with Crippen LogP contribution in [0.5, 0.6) is 0 Å². The molecule has 1 saturated carbocycles. The van der Waals surface area contributed by atoms with Crippen molar-refractivity contribution in [2.75, 3.05) is 6.26 Å². The van der Waals surface area contributed by atoms with Crippen LogP contribution in [-0.4, -0.2) is 26.8 Å². The molecule has 1 rings (SSSR count). The fourth-order valence-corrected chi connectivity index (χ4v) is 5.06. The molecule has 1 aliphatic rings. The molecule has 0 amide bonds. The van der Waals surface area contributed by atoms with E-state index in [-0.39, 0.29) is 4.75 Å². The van der Waals surface area contributed by atoms with Crippen molar-refractivity contribution in [2.24, 2.45) is 0 Å². The molecule has 0 radical (unpaired) electrons. The van der Waals surface area contributed by atoms with Gasteiger partial charge in [-0.15, -0.1) is 0 Å². The van der Waals surface area contributed by atoms with Crippen LogP contribution in [0.25, 0.3) is 0 Å². The first-order valence-electron chi connectivity index (χ1n) is 5.40. The fraction of sp³-hybridized carbons (Fsp3) is 1.00. The summed E-state index contributed by atoms with van der Waals surface area (Å²) in [6.07, 6.45) is 6.11. The lowest BCUT2D eigenvalue weighted by molar-refractivity contribution is 0.690. The maximum Gasteiger partial charge on any atom is 0.0231 e. The van der Waals surface area contributed by atoms with E-state index in [9.17, 15) is 0 Å². The number of hydrogen-bond acceptors (Lipinski definition) is 3. The Kier molecular flexibility index (Phi) is 5.06. The topological polar surface area (TPSA) is 0 Å². The van der Waals surface area contributed by atoms with E-state index in [4.69, 9.17) is 12.6 Å². The molecule has 0 saturated heterocycles. The summed E-state index contributed by atoms with van der Waals surface area (Å²) in [4.78, 5) is 0. The second-order valence-electron chi connectivity index (χ2n) is 4.50. The van der Waals surface area contributed by atoms with Gasteiger partial charge in [-0.05, 0) is 32.4 Å². The summed E-state index contributed by atoms with van der Waals surface area (Å²) in [6.45, 7) is 6.92. The van der Waals surface area contributed by atoms with Gasteiger partial charge in [-0.1, -0.05) is 13.8 Å². The van der Waals surface area contributed by atoms with Crippen LogP contribution in [-0.2, 0) is 0 Å². The van der Waals surface area contributed by atoms with Crippen molar-refractivity contribution in [3.63, 3.8) is 0 Å². The van der Waals surface area contributed by atoms with Crippen LogP contribution >= 0.6 is 36.2 Å². The molecule has 0 bridgehead atoms. The smallest absolute Gasteiger partial charge is 0.0231 e. The summed E-state index contributed by atoms with van der Waals surface area (Å²) in [6, 6.07) is 0. The van der Waals surface area contributed by atoms with Crippen LogP contribution in [0.2, 0.25) is 0 Å². The van der Waals surface area contributed by atoms with Gasteiger partial charge in [-0.3, -0.25) is 0 Å². The highest BCUT2D eigenvalue weighted by Gasteiger charge is 2.41. The molecule has 4 atom stereocenters. The molecule has 0 aliphatic heterocycles. The highest BCUT2D eigenvalue weighted by molar-refractivity contribution is 8.02. The van der Waals surface area contributed by atoms with Crippen molar-refractivity contribution in [2.45, 2.75) is 60.5 Å². The van der Waals surface area contributed by atoms with E-state index < -0.39 is 0 Å². The van der Waals surface area contributed by atoms with Gasteiger partial charge in [0.2, 0.25) is 0 Å². The first kappa shape index (κ1) is 13.1. The summed E-state index contributed by atoms with van der Waals surface area (Å²) in [5, 5.41) is 2.37. The van der Waals surface area contributed by atoms with E-state index in [0.717, 1.165) is 15.7 Å². The van der Waals surface area contributed by atoms with E-state index in [2.05, 4.69) is 38.8 Å². The number of thioether (sulfide) groups is 2. The molecule has 0 aromatic rings. The standard InChI is InChI=1S/C11H22S3/c1-5-8(2)14-10-6-9(13-4)7-11(10,3)12/h8-10,12H,5-7H2,1-4H3. The van der Waals surface area contributed by atoms with Gasteiger partial charge in [0, 0.05) is 20.5 Å². The normalized spacial score (nSPS) is 40.1. The Hall–Kier alpha value is 1.05. The Labute approximate surface area is 103 Å². The van der Waals surface area contributed by atoms with Crippen molar-refractivity contribution in [1.29, 1.82) is 0 Å². The number of thiol groups is 1. The lowest BCUT2D eigenvalue weighted by atomic mass is 10.1. The lowest BCUT2D eigenvalue weighted by Gasteiger charge is -2.27. The van der Waals surface area contributed by atoms with Crippen LogP contribution < -0.4 is 0 Å². The minimum Gasteiger partial charge on any atom is -0.172 e. The zero-order valence-electron chi connectivity index (χ0n) is 9.62. The van der Waals surface area contributed by atoms with E-state index in [1.807, 2.05) is 11.8 Å². The van der Waals surface area contributed by atoms with Gasteiger partial charge in [-0.25, -0.2) is 0 Å². The Balaban J connectivity index is 2.51. The van der Waals surface area contributed by atoms with Gasteiger partial charge >= 0.3 is 0 Å². The van der Waals surface area contributed by atoms with Gasteiger partial charge in [0.15, 0.2) is 0 Å². The number of hydrogen-bond donors (Lipinski definition) is 1. The SMILES string of the molecule is CCC(C)SC1CC(SC)CC1(C)S. The monoisotopic (exact) mass is 250 g/mol. The Morgan fingerprint density at radius 3 is 2.64 bits per heavy atom. The maximum atomic E-state index is 4.84. The summed E-state index contributed by atoms with van der Waals surface area (Å²) in [7, 11) is 0. The third-order valence-corrected chi connectivity index (χ3v) is 6.65. The minimum atomic E-state index is 0.252. The van der Waals surface area contributed by atoms with Crippen LogP contribution in [0.1, 0.15) is 40.0 Å². The summed E-state index contributed by atoms with van der Waals surface area (Å²) in [5.74, 6) is 0. The Morgan fingerprint density at radius 1 is 1.57 bits per heavy atom. The van der Waals surface area contributed by atoms with Gasteiger partial charge in [0.05, 0.1) is 0 Å². The molecule has 0 aromatic carbocycles. The molecular formula is C11H22S3. The van der Waals surface area contributed by atoms with Gasteiger partial charge in [0.25, 0.3) is 0 Å². The summed E-state index contributed by atoms with van der Waals surface area (Å²) < 4.78 is 0.252. The van der Waals surface area contributed by atoms with Crippen LogP contribution in [0, 0.1) is 0 Å². The molecule has 4 unspecified atom stereocenters. The van der Waals surface area contributed by atoms with Gasteiger partial charge in [0.1, 0.15) is 0 Å². The molecular weight excluding hydrogens is 228 g/mol. The molecule has 0 N–H and O–H groups in total. The third-order valence-electron chi connectivity index (χ3n) is 3.12. The van der Waals surface area contributed by atoms with Gasteiger partial charge < -0.3 is 0 Å². The second-order valence-corrected chi connectivity index (χ2v) is 8.30. The first-order chi connectivity index (χ1) is 6.49. The van der Waals surface area contributed by atoms with Crippen LogP contribution in [0.3, 0.4) is 0 Å². The summed E-state index contributed by atoms with van der Waals surface area (Å²) >= 11 is 8.99. The Bertz CT molecular complexity index is 179. The molecule has 14 heavy (non-hydrogen) atoms. The van der Waals surface area contributed by atoms with E-state index in [1.54, 1.807) is 0 Å². The highest BCUT2D eigenvalue weighted by Crippen LogP contribution is 2.47. The van der Waals surface area contributed by atoms with Gasteiger partial charge in [-0.2, -0.15) is 36.2 Å². The molecule has 0 nitrogen and oxygen atoms in total. The largest absolute Gasteiger partial charge is 0.172 e. The number of rotatable bonds is 4. The predicted molar refractivity (Wildman–Crippen MR) is 75.1 cm³/mol. The Morgan fingerprint density at radius 2 is 2.21 bits per heavy atom. The van der Waals surface area contributed by atoms with Crippen LogP contribution in [0.4, 0.5) is 0 Å². The average molecular weight is 250 g/mol. The molecule has 3 heteroatoms. The summed E-state index contributed by atoms with van der Waals surface area (Å²) in [5.41, 5.74) is 0. The molecule has 1 aliphatic carbocycles.